The molecule has 15 heavy (non-hydrogen) atoms. The van der Waals surface area contributed by atoms with E-state index in [1.54, 1.807) is 0 Å². The Morgan fingerprint density at radius 2 is 1.33 bits per heavy atom. The highest BCUT2D eigenvalue weighted by molar-refractivity contribution is 5.26. The minimum Gasteiger partial charge on any atom is -0.222 e. The van der Waals surface area contributed by atoms with E-state index in [9.17, 15) is 0 Å². The lowest BCUT2D eigenvalue weighted by molar-refractivity contribution is 0.279. The second-order valence-electron chi connectivity index (χ2n) is 3.85. The van der Waals surface area contributed by atoms with Gasteiger partial charge in [-0.05, 0) is 11.8 Å². The van der Waals surface area contributed by atoms with Crippen LogP contribution in [-0.2, 0) is 9.59 Å². The van der Waals surface area contributed by atoms with Gasteiger partial charge >= 0.3 is 0 Å². The first-order valence-electron chi connectivity index (χ1n) is 5.21. The summed E-state index contributed by atoms with van der Waals surface area (Å²) in [6.07, 6.45) is 8.96. The van der Waals surface area contributed by atoms with Crippen molar-refractivity contribution < 1.29 is 9.59 Å². The van der Waals surface area contributed by atoms with Crippen molar-refractivity contribution in [2.24, 2.45) is 11.8 Å². The molecule has 0 aromatic heterocycles. The van der Waals surface area contributed by atoms with Gasteiger partial charge in [0.25, 0.3) is 0 Å². The molecular formula is C11H20N2O2. The Morgan fingerprint density at radius 1 is 1.00 bits per heavy atom. The summed E-state index contributed by atoms with van der Waals surface area (Å²) in [5.74, 6) is 1.99. The largest absolute Gasteiger partial charge is 0.231 e. The van der Waals surface area contributed by atoms with Crippen molar-refractivity contribution in [3.8, 4) is 0 Å². The number of hydrogen-bond donors (Lipinski definition) is 2. The second kappa shape index (κ2) is 12.8. The Kier molecular flexibility index (Phi) is 13.8. The molecule has 0 aromatic rings. The van der Waals surface area contributed by atoms with Gasteiger partial charge in [0.05, 0.1) is 0 Å². The first-order valence-corrected chi connectivity index (χ1v) is 5.21. The molecular weight excluding hydrogens is 192 g/mol. The van der Waals surface area contributed by atoms with Crippen LogP contribution < -0.4 is 0 Å². The molecule has 4 nitrogen and oxygen atoms in total. The molecule has 86 valence electrons. The molecule has 0 atom stereocenters. The lowest BCUT2D eigenvalue weighted by Crippen LogP contribution is -2.12. The molecule has 0 bridgehead atoms. The van der Waals surface area contributed by atoms with Crippen LogP contribution in [0, 0.1) is 22.7 Å². The van der Waals surface area contributed by atoms with Crippen LogP contribution in [0.1, 0.15) is 46.0 Å². The third kappa shape index (κ3) is 12.8. The van der Waals surface area contributed by atoms with Crippen LogP contribution in [0.15, 0.2) is 0 Å². The van der Waals surface area contributed by atoms with Gasteiger partial charge < -0.3 is 0 Å². The van der Waals surface area contributed by atoms with Crippen molar-refractivity contribution in [2.75, 3.05) is 0 Å². The lowest BCUT2D eigenvalue weighted by Gasteiger charge is -2.24. The Labute approximate surface area is 91.1 Å². The lowest BCUT2D eigenvalue weighted by atomic mass is 9.82. The summed E-state index contributed by atoms with van der Waals surface area (Å²) in [6, 6.07) is 0. The van der Waals surface area contributed by atoms with Gasteiger partial charge in [-0.25, -0.2) is 20.4 Å². The molecule has 0 saturated heterocycles. The summed E-state index contributed by atoms with van der Waals surface area (Å²) < 4.78 is 0. The van der Waals surface area contributed by atoms with Crippen LogP contribution in [0.2, 0.25) is 0 Å². The third-order valence-electron chi connectivity index (χ3n) is 2.59. The molecule has 0 spiro atoms. The minimum atomic E-state index is 0.750. The molecule has 0 aromatic carbocycles. The zero-order chi connectivity index (χ0) is 12.1. The summed E-state index contributed by atoms with van der Waals surface area (Å²) in [4.78, 5) is 16.7. The smallest absolute Gasteiger partial charge is 0.222 e. The highest BCUT2D eigenvalue weighted by Gasteiger charge is 2.15. The van der Waals surface area contributed by atoms with Gasteiger partial charge in [-0.1, -0.05) is 46.0 Å². The first-order chi connectivity index (χ1) is 7.13. The summed E-state index contributed by atoms with van der Waals surface area (Å²) in [7, 11) is 0. The van der Waals surface area contributed by atoms with Crippen LogP contribution in [0.25, 0.3) is 0 Å². The molecule has 0 amide bonds. The van der Waals surface area contributed by atoms with Crippen LogP contribution in [0.3, 0.4) is 0 Å². The fraction of sp³-hybridized carbons (Fsp3) is 0.818. The average molecular weight is 212 g/mol. The van der Waals surface area contributed by atoms with Crippen molar-refractivity contribution >= 4 is 12.2 Å². The van der Waals surface area contributed by atoms with Gasteiger partial charge in [0, 0.05) is 0 Å². The number of carbonyl (C=O) groups excluding carboxylic acids is 2. The van der Waals surface area contributed by atoms with Gasteiger partial charge in [0.2, 0.25) is 12.2 Å². The van der Waals surface area contributed by atoms with Gasteiger partial charge in [0.1, 0.15) is 0 Å². The topological polar surface area (TPSA) is 81.8 Å². The molecule has 0 aliphatic heterocycles. The predicted molar refractivity (Wildman–Crippen MR) is 58.2 cm³/mol. The van der Waals surface area contributed by atoms with Crippen LogP contribution >= 0.6 is 0 Å². The van der Waals surface area contributed by atoms with Crippen molar-refractivity contribution in [1.82, 2.24) is 0 Å². The van der Waals surface area contributed by atoms with Crippen molar-refractivity contribution in [3.05, 3.63) is 0 Å². The fourth-order valence-electron chi connectivity index (χ4n) is 1.80. The van der Waals surface area contributed by atoms with Gasteiger partial charge in [0.15, 0.2) is 0 Å². The van der Waals surface area contributed by atoms with E-state index in [1.165, 1.54) is 32.1 Å². The maximum Gasteiger partial charge on any atom is 0.231 e. The summed E-state index contributed by atoms with van der Waals surface area (Å²) in [5, 5.41) is 10.8. The van der Waals surface area contributed by atoms with E-state index in [2.05, 4.69) is 13.8 Å². The molecule has 0 heterocycles. The first kappa shape index (κ1) is 16.2. The second-order valence-corrected chi connectivity index (χ2v) is 3.85. The maximum atomic E-state index is 8.35. The zero-order valence-electron chi connectivity index (χ0n) is 9.51. The maximum absolute atomic E-state index is 8.35. The molecule has 1 fully saturated rings. The summed E-state index contributed by atoms with van der Waals surface area (Å²) >= 11 is 0. The van der Waals surface area contributed by atoms with Crippen LogP contribution in [0.4, 0.5) is 0 Å². The zero-order valence-corrected chi connectivity index (χ0v) is 9.51. The molecule has 0 unspecified atom stereocenters. The minimum absolute atomic E-state index is 0.750. The van der Waals surface area contributed by atoms with Crippen LogP contribution in [-0.4, -0.2) is 12.2 Å². The van der Waals surface area contributed by atoms with Crippen LogP contribution in [0.5, 0.6) is 0 Å². The highest BCUT2D eigenvalue weighted by Crippen LogP contribution is 2.29. The Balaban J connectivity index is 0. The van der Waals surface area contributed by atoms with Crippen molar-refractivity contribution in [1.29, 1.82) is 10.8 Å². The van der Waals surface area contributed by atoms with E-state index in [-0.39, 0.29) is 0 Å². The van der Waals surface area contributed by atoms with Crippen molar-refractivity contribution in [2.45, 2.75) is 46.0 Å². The number of nitrogens with one attached hydrogen (secondary N) is 2. The number of isocyanates is 2. The fourth-order valence-corrected chi connectivity index (χ4v) is 1.80. The number of hydrogen-bond acceptors (Lipinski definition) is 4. The Morgan fingerprint density at radius 3 is 1.53 bits per heavy atom. The molecule has 0 radical (unpaired) electrons. The molecule has 1 aliphatic rings. The third-order valence-corrected chi connectivity index (χ3v) is 2.59. The van der Waals surface area contributed by atoms with Gasteiger partial charge in [-0.15, -0.1) is 0 Å². The summed E-state index contributed by atoms with van der Waals surface area (Å²) in [6.45, 7) is 4.71. The SMILES string of the molecule is CC(C)C1CCCCC1.N=C=O.N=C=O. The van der Waals surface area contributed by atoms with E-state index >= 15 is 0 Å². The Bertz CT molecular complexity index is 185. The molecule has 1 saturated carbocycles. The monoisotopic (exact) mass is 212 g/mol. The quantitative estimate of drug-likeness (QED) is 0.517. The highest BCUT2D eigenvalue weighted by atomic mass is 16.1. The molecule has 4 heteroatoms. The van der Waals surface area contributed by atoms with E-state index in [1.807, 2.05) is 0 Å². The van der Waals surface area contributed by atoms with E-state index in [0.29, 0.717) is 0 Å². The Hall–Kier alpha value is -1.24. The van der Waals surface area contributed by atoms with Crippen molar-refractivity contribution in [3.63, 3.8) is 0 Å². The molecule has 2 N–H and O–H groups in total. The average Bonchev–Trinajstić information content (AvgIpc) is 2.21. The van der Waals surface area contributed by atoms with E-state index in [4.69, 9.17) is 20.4 Å². The summed E-state index contributed by atoms with van der Waals surface area (Å²) in [5.41, 5.74) is 0. The van der Waals surface area contributed by atoms with Gasteiger partial charge in [-0.2, -0.15) is 0 Å². The van der Waals surface area contributed by atoms with E-state index < -0.39 is 0 Å². The molecule has 1 rings (SSSR count). The standard InChI is InChI=1S/C9H18.2CHNO/c1-8(2)9-6-4-3-5-7-9;2*2-1-3/h8-9H,3-7H2,1-2H3;2*2H. The normalized spacial score (nSPS) is 14.9. The predicted octanol–water partition coefficient (Wildman–Crippen LogP) is 3.02. The van der Waals surface area contributed by atoms with E-state index in [0.717, 1.165) is 24.0 Å². The number of rotatable bonds is 1. The van der Waals surface area contributed by atoms with Gasteiger partial charge in [-0.3, -0.25) is 0 Å². The molecule has 1 aliphatic carbocycles.